The molecule has 5 heteroatoms. The van der Waals surface area contributed by atoms with Crippen LogP contribution < -0.4 is 0 Å². The number of nitrogens with zero attached hydrogens (tertiary/aromatic N) is 1. The normalized spacial score (nSPS) is 10.5. The van der Waals surface area contributed by atoms with Crippen LogP contribution in [0.15, 0.2) is 59.1 Å². The third kappa shape index (κ3) is 3.60. The van der Waals surface area contributed by atoms with Crippen LogP contribution in [0.3, 0.4) is 0 Å². The van der Waals surface area contributed by atoms with Gasteiger partial charge in [-0.3, -0.25) is 0 Å². The molecule has 0 amide bonds. The monoisotopic (exact) mass is 327 g/mol. The highest BCUT2D eigenvalue weighted by molar-refractivity contribution is 6.33. The Morgan fingerprint density at radius 2 is 1.91 bits per heavy atom. The van der Waals surface area contributed by atoms with Gasteiger partial charge in [-0.15, -0.1) is 0 Å². The van der Waals surface area contributed by atoms with Gasteiger partial charge in [0.25, 0.3) is 0 Å². The molecule has 3 rings (SSSR count). The summed E-state index contributed by atoms with van der Waals surface area (Å²) in [6.07, 6.45) is 0. The number of aromatic nitrogens is 1. The Labute approximate surface area is 138 Å². The van der Waals surface area contributed by atoms with E-state index in [9.17, 15) is 4.79 Å². The van der Waals surface area contributed by atoms with Crippen LogP contribution >= 0.6 is 11.6 Å². The van der Waals surface area contributed by atoms with E-state index < -0.39 is 5.97 Å². The smallest absolute Gasteiger partial charge is 0.340 e. The molecule has 0 spiro atoms. The summed E-state index contributed by atoms with van der Waals surface area (Å²) < 4.78 is 10.5. The first-order valence-electron chi connectivity index (χ1n) is 7.08. The average molecular weight is 328 g/mol. The predicted octanol–water partition coefficient (Wildman–Crippen LogP) is 4.66. The van der Waals surface area contributed by atoms with Crippen molar-refractivity contribution in [2.45, 2.75) is 13.5 Å². The maximum Gasteiger partial charge on any atom is 0.340 e. The number of hydrogen-bond donors (Lipinski definition) is 0. The molecule has 0 aliphatic carbocycles. The van der Waals surface area contributed by atoms with Gasteiger partial charge in [0, 0.05) is 11.6 Å². The minimum absolute atomic E-state index is 0.0272. The average Bonchev–Trinajstić information content (AvgIpc) is 3.03. The zero-order chi connectivity index (χ0) is 16.2. The van der Waals surface area contributed by atoms with E-state index in [4.69, 9.17) is 20.9 Å². The highest BCUT2D eigenvalue weighted by atomic mass is 35.5. The van der Waals surface area contributed by atoms with Crippen LogP contribution in [0.25, 0.3) is 11.3 Å². The van der Waals surface area contributed by atoms with Crippen LogP contribution in [0.2, 0.25) is 5.02 Å². The summed E-state index contributed by atoms with van der Waals surface area (Å²) in [5.41, 5.74) is 2.96. The van der Waals surface area contributed by atoms with E-state index in [1.165, 1.54) is 5.56 Å². The summed E-state index contributed by atoms with van der Waals surface area (Å²) in [6, 6.07) is 16.4. The molecule has 116 valence electrons. The van der Waals surface area contributed by atoms with E-state index in [0.29, 0.717) is 22.0 Å². The van der Waals surface area contributed by atoms with Crippen LogP contribution in [-0.2, 0) is 11.3 Å². The predicted molar refractivity (Wildman–Crippen MR) is 87.2 cm³/mol. The number of carbonyl (C=O) groups is 1. The fourth-order valence-corrected chi connectivity index (χ4v) is 2.29. The molecule has 0 fully saturated rings. The lowest BCUT2D eigenvalue weighted by molar-refractivity contribution is 0.0464. The summed E-state index contributed by atoms with van der Waals surface area (Å²) in [5.74, 6) is 0.143. The van der Waals surface area contributed by atoms with Crippen LogP contribution in [-0.4, -0.2) is 11.1 Å². The molecule has 1 aromatic heterocycles. The molecule has 0 radical (unpaired) electrons. The molecule has 0 aliphatic heterocycles. The van der Waals surface area contributed by atoms with Crippen molar-refractivity contribution in [1.29, 1.82) is 0 Å². The molecule has 4 nitrogen and oxygen atoms in total. The molecule has 0 saturated carbocycles. The standard InChI is InChI=1S/C18H14ClNO3/c1-12-6-8-13(9-7-12)17-10-14(20-23-17)11-22-18(21)15-4-2-3-5-16(15)19/h2-10H,11H2,1H3. The minimum atomic E-state index is -0.490. The van der Waals surface area contributed by atoms with Crippen LogP contribution in [0.4, 0.5) is 0 Å². The topological polar surface area (TPSA) is 52.3 Å². The number of ether oxygens (including phenoxy) is 1. The Morgan fingerprint density at radius 1 is 1.17 bits per heavy atom. The van der Waals surface area contributed by atoms with Gasteiger partial charge in [-0.1, -0.05) is 58.7 Å². The van der Waals surface area contributed by atoms with Gasteiger partial charge >= 0.3 is 5.97 Å². The molecule has 0 unspecified atom stereocenters. The van der Waals surface area contributed by atoms with Crippen molar-refractivity contribution >= 4 is 17.6 Å². The zero-order valence-corrected chi connectivity index (χ0v) is 13.2. The molecule has 0 saturated heterocycles. The zero-order valence-electron chi connectivity index (χ0n) is 12.5. The fourth-order valence-electron chi connectivity index (χ4n) is 2.08. The molecule has 0 aliphatic rings. The maximum absolute atomic E-state index is 12.0. The second kappa shape index (κ2) is 6.67. The van der Waals surface area contributed by atoms with Crippen molar-refractivity contribution < 1.29 is 14.1 Å². The van der Waals surface area contributed by atoms with E-state index in [1.807, 2.05) is 31.2 Å². The minimum Gasteiger partial charge on any atom is -0.455 e. The van der Waals surface area contributed by atoms with Gasteiger partial charge in [-0.25, -0.2) is 4.79 Å². The van der Waals surface area contributed by atoms with Crippen molar-refractivity contribution in [3.8, 4) is 11.3 Å². The lowest BCUT2D eigenvalue weighted by Crippen LogP contribution is -2.05. The highest BCUT2D eigenvalue weighted by Gasteiger charge is 2.13. The number of halogens is 1. The third-order valence-corrected chi connectivity index (χ3v) is 3.67. The van der Waals surface area contributed by atoms with Crippen LogP contribution in [0, 0.1) is 6.92 Å². The number of esters is 1. The highest BCUT2D eigenvalue weighted by Crippen LogP contribution is 2.22. The summed E-state index contributed by atoms with van der Waals surface area (Å²) in [7, 11) is 0. The van der Waals surface area contributed by atoms with Crippen molar-refractivity contribution in [2.24, 2.45) is 0 Å². The molecule has 23 heavy (non-hydrogen) atoms. The van der Waals surface area contributed by atoms with Gasteiger partial charge in [0.05, 0.1) is 10.6 Å². The summed E-state index contributed by atoms with van der Waals surface area (Å²) in [6.45, 7) is 2.04. The molecule has 1 heterocycles. The largest absolute Gasteiger partial charge is 0.455 e. The second-order valence-corrected chi connectivity index (χ2v) is 5.51. The van der Waals surface area contributed by atoms with Crippen LogP contribution in [0.1, 0.15) is 21.6 Å². The lowest BCUT2D eigenvalue weighted by atomic mass is 10.1. The molecule has 2 aromatic carbocycles. The Kier molecular flexibility index (Phi) is 4.44. The van der Waals surface area contributed by atoms with Gasteiger partial charge in [0.2, 0.25) is 0 Å². The molecular formula is C18H14ClNO3. The molecule has 0 atom stereocenters. The van der Waals surface area contributed by atoms with E-state index in [2.05, 4.69) is 5.16 Å². The van der Waals surface area contributed by atoms with Gasteiger partial charge in [-0.2, -0.15) is 0 Å². The van der Waals surface area contributed by atoms with Crippen molar-refractivity contribution in [3.05, 3.63) is 76.4 Å². The van der Waals surface area contributed by atoms with Gasteiger partial charge in [0.1, 0.15) is 12.3 Å². The Bertz CT molecular complexity index is 824. The Hall–Kier alpha value is -2.59. The van der Waals surface area contributed by atoms with E-state index in [-0.39, 0.29) is 6.61 Å². The quantitative estimate of drug-likeness (QED) is 0.654. The van der Waals surface area contributed by atoms with Crippen LogP contribution in [0.5, 0.6) is 0 Å². The summed E-state index contributed by atoms with van der Waals surface area (Å²) in [5, 5.41) is 4.28. The third-order valence-electron chi connectivity index (χ3n) is 3.34. The number of aryl methyl sites for hydroxylation is 1. The number of benzene rings is 2. The maximum atomic E-state index is 12.0. The molecule has 0 N–H and O–H groups in total. The SMILES string of the molecule is Cc1ccc(-c2cc(COC(=O)c3ccccc3Cl)no2)cc1. The van der Waals surface area contributed by atoms with E-state index >= 15 is 0 Å². The lowest BCUT2D eigenvalue weighted by Gasteiger charge is -2.03. The summed E-state index contributed by atoms with van der Waals surface area (Å²) >= 11 is 5.96. The molecule has 3 aromatic rings. The number of carbonyl (C=O) groups excluding carboxylic acids is 1. The number of hydrogen-bond acceptors (Lipinski definition) is 4. The fraction of sp³-hybridized carbons (Fsp3) is 0.111. The molecule has 0 bridgehead atoms. The van der Waals surface area contributed by atoms with Crippen molar-refractivity contribution in [1.82, 2.24) is 5.16 Å². The summed E-state index contributed by atoms with van der Waals surface area (Å²) in [4.78, 5) is 12.0. The first-order valence-corrected chi connectivity index (χ1v) is 7.45. The van der Waals surface area contributed by atoms with E-state index in [0.717, 1.165) is 5.56 Å². The van der Waals surface area contributed by atoms with Crippen molar-refractivity contribution in [2.75, 3.05) is 0 Å². The Balaban J connectivity index is 1.67. The van der Waals surface area contributed by atoms with Gasteiger partial charge in [-0.05, 0) is 19.1 Å². The van der Waals surface area contributed by atoms with Gasteiger partial charge < -0.3 is 9.26 Å². The first kappa shape index (κ1) is 15.3. The number of rotatable bonds is 4. The van der Waals surface area contributed by atoms with Crippen molar-refractivity contribution in [3.63, 3.8) is 0 Å². The molecular weight excluding hydrogens is 314 g/mol. The Morgan fingerprint density at radius 3 is 2.65 bits per heavy atom. The van der Waals surface area contributed by atoms with Gasteiger partial charge in [0.15, 0.2) is 5.76 Å². The van der Waals surface area contributed by atoms with E-state index in [1.54, 1.807) is 30.3 Å². The first-order chi connectivity index (χ1) is 11.1. The second-order valence-electron chi connectivity index (χ2n) is 5.10.